The maximum Gasteiger partial charge on any atom is 0.273 e. The number of nitrogens with one attached hydrogen (secondary N) is 1. The summed E-state index contributed by atoms with van der Waals surface area (Å²) in [6, 6.07) is -0.290. The zero-order valence-electron chi connectivity index (χ0n) is 9.82. The van der Waals surface area contributed by atoms with E-state index in [1.54, 1.807) is 6.92 Å². The monoisotopic (exact) mass is 225 g/mol. The van der Waals surface area contributed by atoms with Crippen LogP contribution in [0, 0.1) is 0 Å². The standard InChI is InChI=1S/C11H19N3O2/c1-3-4-5-6-13-10(15)9-7-16-11(14-9)8(2)12/h7-8H,3-6,12H2,1-2H3,(H,13,15). The van der Waals surface area contributed by atoms with Crippen LogP contribution in [-0.4, -0.2) is 17.4 Å². The fourth-order valence-corrected chi connectivity index (χ4v) is 1.27. The summed E-state index contributed by atoms with van der Waals surface area (Å²) >= 11 is 0. The highest BCUT2D eigenvalue weighted by Crippen LogP contribution is 2.08. The van der Waals surface area contributed by atoms with Gasteiger partial charge in [-0.25, -0.2) is 4.98 Å². The Morgan fingerprint density at radius 1 is 1.62 bits per heavy atom. The topological polar surface area (TPSA) is 81.2 Å². The molecule has 0 aromatic carbocycles. The minimum Gasteiger partial charge on any atom is -0.446 e. The van der Waals surface area contributed by atoms with Gasteiger partial charge in [-0.3, -0.25) is 4.79 Å². The van der Waals surface area contributed by atoms with E-state index in [1.165, 1.54) is 6.26 Å². The lowest BCUT2D eigenvalue weighted by Gasteiger charge is -2.01. The molecule has 0 fully saturated rings. The van der Waals surface area contributed by atoms with Crippen molar-refractivity contribution >= 4 is 5.91 Å². The maximum absolute atomic E-state index is 11.6. The number of carbonyl (C=O) groups excluding carboxylic acids is 1. The number of oxazole rings is 1. The smallest absolute Gasteiger partial charge is 0.273 e. The molecule has 0 saturated heterocycles. The van der Waals surface area contributed by atoms with Crippen LogP contribution in [0.5, 0.6) is 0 Å². The van der Waals surface area contributed by atoms with Gasteiger partial charge in [0.2, 0.25) is 5.89 Å². The predicted octanol–water partition coefficient (Wildman–Crippen LogP) is 1.61. The van der Waals surface area contributed by atoms with E-state index in [0.29, 0.717) is 18.1 Å². The van der Waals surface area contributed by atoms with Crippen LogP contribution in [0.1, 0.15) is 55.5 Å². The molecule has 0 saturated carbocycles. The largest absolute Gasteiger partial charge is 0.446 e. The lowest BCUT2D eigenvalue weighted by Crippen LogP contribution is -2.24. The van der Waals surface area contributed by atoms with Gasteiger partial charge < -0.3 is 15.5 Å². The molecule has 1 amide bonds. The summed E-state index contributed by atoms with van der Waals surface area (Å²) in [5, 5.41) is 2.78. The van der Waals surface area contributed by atoms with Crippen LogP contribution in [0.3, 0.4) is 0 Å². The summed E-state index contributed by atoms with van der Waals surface area (Å²) in [6.45, 7) is 4.55. The number of unbranched alkanes of at least 4 members (excludes halogenated alkanes) is 2. The number of aromatic nitrogens is 1. The van der Waals surface area contributed by atoms with E-state index in [4.69, 9.17) is 10.2 Å². The Morgan fingerprint density at radius 3 is 2.94 bits per heavy atom. The van der Waals surface area contributed by atoms with E-state index in [1.807, 2.05) is 0 Å². The van der Waals surface area contributed by atoms with Gasteiger partial charge in [0.1, 0.15) is 6.26 Å². The van der Waals surface area contributed by atoms with Gasteiger partial charge in [0.05, 0.1) is 6.04 Å². The van der Waals surface area contributed by atoms with Gasteiger partial charge in [-0.05, 0) is 13.3 Å². The molecular formula is C11H19N3O2. The summed E-state index contributed by atoms with van der Waals surface area (Å²) in [5.41, 5.74) is 5.87. The van der Waals surface area contributed by atoms with Gasteiger partial charge >= 0.3 is 0 Å². The van der Waals surface area contributed by atoms with E-state index in [9.17, 15) is 4.79 Å². The number of carbonyl (C=O) groups is 1. The number of rotatable bonds is 6. The highest BCUT2D eigenvalue weighted by atomic mass is 16.3. The zero-order chi connectivity index (χ0) is 12.0. The van der Waals surface area contributed by atoms with Crippen molar-refractivity contribution in [3.05, 3.63) is 17.8 Å². The van der Waals surface area contributed by atoms with Gasteiger partial charge in [0.25, 0.3) is 5.91 Å². The molecule has 0 aliphatic heterocycles. The minimum absolute atomic E-state index is 0.202. The predicted molar refractivity (Wildman–Crippen MR) is 61.0 cm³/mol. The van der Waals surface area contributed by atoms with Crippen molar-refractivity contribution < 1.29 is 9.21 Å². The molecule has 0 spiro atoms. The van der Waals surface area contributed by atoms with Gasteiger partial charge in [0, 0.05) is 6.54 Å². The second-order valence-electron chi connectivity index (χ2n) is 3.82. The molecule has 5 heteroatoms. The second-order valence-corrected chi connectivity index (χ2v) is 3.82. The van der Waals surface area contributed by atoms with E-state index in [-0.39, 0.29) is 11.9 Å². The first-order valence-corrected chi connectivity index (χ1v) is 5.64. The summed E-state index contributed by atoms with van der Waals surface area (Å²) < 4.78 is 5.08. The molecule has 5 nitrogen and oxygen atoms in total. The molecule has 0 bridgehead atoms. The van der Waals surface area contributed by atoms with Crippen molar-refractivity contribution in [1.29, 1.82) is 0 Å². The third-order valence-corrected chi connectivity index (χ3v) is 2.21. The first-order valence-electron chi connectivity index (χ1n) is 5.64. The zero-order valence-corrected chi connectivity index (χ0v) is 9.82. The Hall–Kier alpha value is -1.36. The van der Waals surface area contributed by atoms with E-state index in [2.05, 4.69) is 17.2 Å². The van der Waals surface area contributed by atoms with Crippen molar-refractivity contribution in [2.45, 2.75) is 39.2 Å². The van der Waals surface area contributed by atoms with E-state index in [0.717, 1.165) is 19.3 Å². The molecule has 1 heterocycles. The third-order valence-electron chi connectivity index (χ3n) is 2.21. The van der Waals surface area contributed by atoms with Crippen LogP contribution in [-0.2, 0) is 0 Å². The minimum atomic E-state index is -0.290. The average molecular weight is 225 g/mol. The van der Waals surface area contributed by atoms with Gasteiger partial charge in [0.15, 0.2) is 5.69 Å². The van der Waals surface area contributed by atoms with Crippen LogP contribution in [0.25, 0.3) is 0 Å². The van der Waals surface area contributed by atoms with Crippen LogP contribution in [0.2, 0.25) is 0 Å². The number of nitrogens with zero attached hydrogens (tertiary/aromatic N) is 1. The van der Waals surface area contributed by atoms with Crippen LogP contribution < -0.4 is 11.1 Å². The molecule has 0 radical (unpaired) electrons. The van der Waals surface area contributed by atoms with Crippen molar-refractivity contribution in [2.75, 3.05) is 6.54 Å². The lowest BCUT2D eigenvalue weighted by atomic mass is 10.2. The normalized spacial score (nSPS) is 12.4. The fraction of sp³-hybridized carbons (Fsp3) is 0.636. The summed E-state index contributed by atoms with van der Waals surface area (Å²) in [5.74, 6) is 0.186. The molecule has 1 atom stereocenters. The Labute approximate surface area is 95.4 Å². The van der Waals surface area contributed by atoms with Crippen LogP contribution >= 0.6 is 0 Å². The average Bonchev–Trinajstić information content (AvgIpc) is 2.73. The number of amides is 1. The Kier molecular flexibility index (Phi) is 4.98. The Balaban J connectivity index is 2.40. The van der Waals surface area contributed by atoms with Crippen LogP contribution in [0.4, 0.5) is 0 Å². The lowest BCUT2D eigenvalue weighted by molar-refractivity contribution is 0.0948. The molecule has 3 N–H and O–H groups in total. The quantitative estimate of drug-likeness (QED) is 0.721. The Bertz CT molecular complexity index is 334. The third kappa shape index (κ3) is 3.66. The summed E-state index contributed by atoms with van der Waals surface area (Å²) in [7, 11) is 0. The highest BCUT2D eigenvalue weighted by Gasteiger charge is 2.13. The molecule has 1 aromatic rings. The molecule has 1 aromatic heterocycles. The fourth-order valence-electron chi connectivity index (χ4n) is 1.27. The molecule has 1 unspecified atom stereocenters. The molecule has 0 aliphatic carbocycles. The van der Waals surface area contributed by atoms with Crippen molar-refractivity contribution in [1.82, 2.24) is 10.3 Å². The number of hydrogen-bond donors (Lipinski definition) is 2. The van der Waals surface area contributed by atoms with Crippen molar-refractivity contribution in [3.8, 4) is 0 Å². The Morgan fingerprint density at radius 2 is 2.38 bits per heavy atom. The summed E-state index contributed by atoms with van der Waals surface area (Å²) in [6.07, 6.45) is 4.58. The van der Waals surface area contributed by atoms with E-state index >= 15 is 0 Å². The first-order chi connectivity index (χ1) is 7.65. The molecule has 1 rings (SSSR count). The van der Waals surface area contributed by atoms with Crippen molar-refractivity contribution in [2.24, 2.45) is 5.73 Å². The first kappa shape index (κ1) is 12.7. The molecule has 0 aliphatic rings. The molecular weight excluding hydrogens is 206 g/mol. The highest BCUT2D eigenvalue weighted by molar-refractivity contribution is 5.91. The van der Waals surface area contributed by atoms with Gasteiger partial charge in [-0.2, -0.15) is 0 Å². The van der Waals surface area contributed by atoms with Crippen LogP contribution in [0.15, 0.2) is 10.7 Å². The second kappa shape index (κ2) is 6.27. The number of nitrogens with two attached hydrogens (primary N) is 1. The maximum atomic E-state index is 11.6. The van der Waals surface area contributed by atoms with Gasteiger partial charge in [-0.1, -0.05) is 19.8 Å². The molecule has 16 heavy (non-hydrogen) atoms. The molecule has 90 valence electrons. The van der Waals surface area contributed by atoms with Gasteiger partial charge in [-0.15, -0.1) is 0 Å². The number of hydrogen-bond acceptors (Lipinski definition) is 4. The van der Waals surface area contributed by atoms with E-state index < -0.39 is 0 Å². The summed E-state index contributed by atoms with van der Waals surface area (Å²) in [4.78, 5) is 15.6. The SMILES string of the molecule is CCCCCNC(=O)c1coc(C(C)N)n1. The van der Waals surface area contributed by atoms with Crippen molar-refractivity contribution in [3.63, 3.8) is 0 Å².